The Morgan fingerprint density at radius 1 is 1.11 bits per heavy atom. The fourth-order valence-electron chi connectivity index (χ4n) is 4.82. The molecule has 0 fully saturated rings. The smallest absolute Gasteiger partial charge is 0.330 e. The third-order valence-corrected chi connectivity index (χ3v) is 6.60. The van der Waals surface area contributed by atoms with Crippen molar-refractivity contribution < 1.29 is 4.79 Å². The van der Waals surface area contributed by atoms with Crippen LogP contribution in [0.5, 0.6) is 0 Å². The van der Waals surface area contributed by atoms with Crippen molar-refractivity contribution >= 4 is 28.4 Å². The van der Waals surface area contributed by atoms with Gasteiger partial charge >= 0.3 is 5.69 Å². The first kappa shape index (κ1) is 24.9. The van der Waals surface area contributed by atoms with E-state index >= 15 is 0 Å². The largest absolute Gasteiger partial charge is 0.383 e. The molecule has 0 aliphatic carbocycles. The molecule has 10 heteroatoms. The minimum atomic E-state index is -0.682. The first-order valence-electron chi connectivity index (χ1n) is 11.9. The van der Waals surface area contributed by atoms with Gasteiger partial charge in [-0.1, -0.05) is 30.3 Å². The number of nitrogens with zero attached hydrogens (tertiary/aromatic N) is 5. The second-order valence-corrected chi connectivity index (χ2v) is 8.91. The number of hydrogen-bond acceptors (Lipinski definition) is 6. The predicted molar refractivity (Wildman–Crippen MR) is 140 cm³/mol. The molecule has 3 N–H and O–H groups in total. The van der Waals surface area contributed by atoms with Gasteiger partial charge in [0, 0.05) is 31.1 Å². The standard InChI is InChI=1S/C26H31N7O3/c1-6-32(22-23(27)33(26(36)29-25(22)35)14-18-10-8-7-9-11-18)20(34)13-12-19-15(2)21-17(4)30-31(5)24(21)28-16(19)3/h7-11H,6,12-14,27H2,1-5H3,(H,29,35,36). The molecule has 0 radical (unpaired) electrons. The average molecular weight is 490 g/mol. The molecule has 10 nitrogen and oxygen atoms in total. The number of aryl methyl sites for hydroxylation is 4. The molecule has 1 amide bonds. The van der Waals surface area contributed by atoms with E-state index < -0.39 is 11.2 Å². The van der Waals surface area contributed by atoms with Crippen LogP contribution in [0, 0.1) is 20.8 Å². The van der Waals surface area contributed by atoms with Crippen LogP contribution in [0.25, 0.3) is 11.0 Å². The van der Waals surface area contributed by atoms with Gasteiger partial charge in [-0.15, -0.1) is 0 Å². The van der Waals surface area contributed by atoms with Crippen LogP contribution in [0.15, 0.2) is 39.9 Å². The zero-order valence-electron chi connectivity index (χ0n) is 21.3. The number of hydrogen-bond donors (Lipinski definition) is 2. The molecule has 36 heavy (non-hydrogen) atoms. The molecule has 0 aliphatic heterocycles. The van der Waals surface area contributed by atoms with Crippen LogP contribution in [0.4, 0.5) is 11.5 Å². The zero-order chi connectivity index (χ0) is 26.1. The number of amides is 1. The normalized spacial score (nSPS) is 11.2. The SMILES string of the molecule is CCN(C(=O)CCc1c(C)nc2c(c(C)nn2C)c1C)c1c(N)n(Cc2ccccc2)c(=O)[nH]c1=O. The Labute approximate surface area is 208 Å². The van der Waals surface area contributed by atoms with Crippen molar-refractivity contribution in [3.8, 4) is 0 Å². The van der Waals surface area contributed by atoms with Gasteiger partial charge in [-0.25, -0.2) is 9.78 Å². The lowest BCUT2D eigenvalue weighted by molar-refractivity contribution is -0.118. The number of pyridine rings is 1. The second kappa shape index (κ2) is 9.80. The van der Waals surface area contributed by atoms with Crippen molar-refractivity contribution in [1.29, 1.82) is 0 Å². The van der Waals surface area contributed by atoms with E-state index in [-0.39, 0.29) is 36.9 Å². The van der Waals surface area contributed by atoms with Crippen molar-refractivity contribution in [2.75, 3.05) is 17.2 Å². The Balaban J connectivity index is 1.65. The minimum absolute atomic E-state index is 0.0110. The maximum atomic E-state index is 13.4. The molecule has 0 atom stereocenters. The quantitative estimate of drug-likeness (QED) is 0.410. The van der Waals surface area contributed by atoms with Gasteiger partial charge in [-0.2, -0.15) is 5.10 Å². The van der Waals surface area contributed by atoms with Crippen LogP contribution in [-0.4, -0.2) is 36.8 Å². The van der Waals surface area contributed by atoms with Gasteiger partial charge in [0.2, 0.25) is 5.91 Å². The molecular formula is C26H31N7O3. The molecule has 3 heterocycles. The number of H-pyrrole nitrogens is 1. The molecule has 4 aromatic rings. The molecule has 0 bridgehead atoms. The van der Waals surface area contributed by atoms with Crippen LogP contribution in [0.3, 0.4) is 0 Å². The number of aromatic nitrogens is 5. The van der Waals surface area contributed by atoms with Crippen molar-refractivity contribution in [2.45, 2.75) is 47.1 Å². The Morgan fingerprint density at radius 3 is 2.47 bits per heavy atom. The molecule has 1 aromatic carbocycles. The summed E-state index contributed by atoms with van der Waals surface area (Å²) in [5, 5.41) is 5.47. The summed E-state index contributed by atoms with van der Waals surface area (Å²) in [6.07, 6.45) is 0.602. The monoisotopic (exact) mass is 489 g/mol. The molecule has 188 valence electrons. The number of carbonyl (C=O) groups is 1. The van der Waals surface area contributed by atoms with Gasteiger partial charge in [0.1, 0.15) is 5.82 Å². The predicted octanol–water partition coefficient (Wildman–Crippen LogP) is 2.36. The summed E-state index contributed by atoms with van der Waals surface area (Å²) >= 11 is 0. The number of benzene rings is 1. The first-order valence-corrected chi connectivity index (χ1v) is 11.9. The number of fused-ring (bicyclic) bond motifs is 1. The van der Waals surface area contributed by atoms with Gasteiger partial charge in [0.25, 0.3) is 5.56 Å². The van der Waals surface area contributed by atoms with Gasteiger partial charge in [0.05, 0.1) is 12.2 Å². The average Bonchev–Trinajstić information content (AvgIpc) is 3.12. The number of nitrogen functional groups attached to an aromatic ring is 1. The maximum absolute atomic E-state index is 13.4. The number of nitrogens with two attached hydrogens (primary N) is 1. The number of carbonyl (C=O) groups excluding carboxylic acids is 1. The number of rotatable bonds is 7. The number of nitrogens with one attached hydrogen (secondary N) is 1. The summed E-state index contributed by atoms with van der Waals surface area (Å²) in [5.41, 5.74) is 10.4. The molecule has 0 unspecified atom stereocenters. The molecule has 0 saturated heterocycles. The molecular weight excluding hydrogens is 458 g/mol. The van der Waals surface area contributed by atoms with E-state index in [0.29, 0.717) is 6.42 Å². The summed E-state index contributed by atoms with van der Waals surface area (Å²) in [7, 11) is 1.86. The summed E-state index contributed by atoms with van der Waals surface area (Å²) in [6.45, 7) is 8.06. The van der Waals surface area contributed by atoms with Crippen LogP contribution in [-0.2, 0) is 24.8 Å². The summed E-state index contributed by atoms with van der Waals surface area (Å²) in [4.78, 5) is 47.0. The van der Waals surface area contributed by atoms with E-state index in [1.807, 2.05) is 58.2 Å². The highest BCUT2D eigenvalue weighted by molar-refractivity contribution is 5.95. The fourth-order valence-corrected chi connectivity index (χ4v) is 4.82. The molecule has 0 aliphatic rings. The Kier molecular flexibility index (Phi) is 6.78. The van der Waals surface area contributed by atoms with Crippen LogP contribution < -0.4 is 21.9 Å². The van der Waals surface area contributed by atoms with Crippen molar-refractivity contribution in [3.63, 3.8) is 0 Å². The Hall–Kier alpha value is -4.21. The highest BCUT2D eigenvalue weighted by atomic mass is 16.2. The van der Waals surface area contributed by atoms with Crippen molar-refractivity contribution in [2.24, 2.45) is 7.05 Å². The van der Waals surface area contributed by atoms with E-state index in [2.05, 4.69) is 10.1 Å². The first-order chi connectivity index (χ1) is 17.1. The lowest BCUT2D eigenvalue weighted by atomic mass is 9.99. The Morgan fingerprint density at radius 2 is 1.81 bits per heavy atom. The van der Waals surface area contributed by atoms with Crippen molar-refractivity contribution in [3.05, 3.63) is 79.2 Å². The molecule has 4 rings (SSSR count). The molecule has 3 aromatic heterocycles. The summed E-state index contributed by atoms with van der Waals surface area (Å²) < 4.78 is 3.04. The molecule has 0 spiro atoms. The number of anilines is 2. The van der Waals surface area contributed by atoms with E-state index in [9.17, 15) is 14.4 Å². The van der Waals surface area contributed by atoms with E-state index in [4.69, 9.17) is 10.7 Å². The van der Waals surface area contributed by atoms with Crippen LogP contribution >= 0.6 is 0 Å². The third-order valence-electron chi connectivity index (χ3n) is 6.60. The zero-order valence-corrected chi connectivity index (χ0v) is 21.3. The lowest BCUT2D eigenvalue weighted by Crippen LogP contribution is -2.41. The maximum Gasteiger partial charge on any atom is 0.330 e. The highest BCUT2D eigenvalue weighted by Crippen LogP contribution is 2.27. The fraction of sp³-hybridized carbons (Fsp3) is 0.346. The highest BCUT2D eigenvalue weighted by Gasteiger charge is 2.24. The van der Waals surface area contributed by atoms with Crippen LogP contribution in [0.2, 0.25) is 0 Å². The van der Waals surface area contributed by atoms with E-state index in [0.717, 1.165) is 39.1 Å². The van der Waals surface area contributed by atoms with Crippen LogP contribution in [0.1, 0.15) is 41.4 Å². The lowest BCUT2D eigenvalue weighted by Gasteiger charge is -2.23. The summed E-state index contributed by atoms with van der Waals surface area (Å²) in [5.74, 6) is -0.300. The topological polar surface area (TPSA) is 132 Å². The minimum Gasteiger partial charge on any atom is -0.383 e. The van der Waals surface area contributed by atoms with E-state index in [1.54, 1.807) is 11.6 Å². The van der Waals surface area contributed by atoms with Gasteiger partial charge in [-0.3, -0.25) is 23.8 Å². The third kappa shape index (κ3) is 4.41. The van der Waals surface area contributed by atoms with Gasteiger partial charge < -0.3 is 10.6 Å². The Bertz CT molecular complexity index is 1560. The van der Waals surface area contributed by atoms with Gasteiger partial charge in [-0.05, 0) is 50.8 Å². The second-order valence-electron chi connectivity index (χ2n) is 8.91. The summed E-state index contributed by atoms with van der Waals surface area (Å²) in [6, 6.07) is 9.30. The van der Waals surface area contributed by atoms with Crippen molar-refractivity contribution in [1.82, 2.24) is 24.3 Å². The number of aromatic amines is 1. The van der Waals surface area contributed by atoms with E-state index in [1.165, 1.54) is 9.47 Å². The van der Waals surface area contributed by atoms with Gasteiger partial charge in [0.15, 0.2) is 11.3 Å². The molecule has 0 saturated carbocycles.